The van der Waals surface area contributed by atoms with Gasteiger partial charge in [-0.2, -0.15) is 0 Å². The molecule has 0 aliphatic carbocycles. The molecular formula is C18H24FN3OS. The number of aromatic nitrogens is 1. The molecule has 0 spiro atoms. The van der Waals surface area contributed by atoms with E-state index < -0.39 is 0 Å². The Bertz CT molecular complexity index is 623. The molecule has 0 radical (unpaired) electrons. The molecule has 1 aliphatic heterocycles. The third kappa shape index (κ3) is 4.75. The van der Waals surface area contributed by atoms with Gasteiger partial charge >= 0.3 is 0 Å². The summed E-state index contributed by atoms with van der Waals surface area (Å²) in [6, 6.07) is 6.97. The zero-order valence-electron chi connectivity index (χ0n) is 14.0. The molecule has 6 heteroatoms. The van der Waals surface area contributed by atoms with Crippen molar-refractivity contribution in [2.45, 2.75) is 25.3 Å². The number of ether oxygens (including phenoxy) is 1. The number of rotatable bonds is 7. The Morgan fingerprint density at radius 2 is 2.04 bits per heavy atom. The van der Waals surface area contributed by atoms with Crippen LogP contribution < -0.4 is 5.32 Å². The van der Waals surface area contributed by atoms with Crippen molar-refractivity contribution in [3.05, 3.63) is 35.5 Å². The van der Waals surface area contributed by atoms with Crippen LogP contribution in [0.1, 0.15) is 19.3 Å². The van der Waals surface area contributed by atoms with Gasteiger partial charge in [0, 0.05) is 50.3 Å². The molecule has 1 fully saturated rings. The number of thiazole rings is 1. The number of hydrogen-bond acceptors (Lipinski definition) is 5. The minimum atomic E-state index is -0.218. The number of benzene rings is 1. The van der Waals surface area contributed by atoms with E-state index in [0.29, 0.717) is 6.04 Å². The maximum atomic E-state index is 13.0. The van der Waals surface area contributed by atoms with Crippen LogP contribution in [-0.2, 0) is 4.74 Å². The normalized spacial score (nSPS) is 16.4. The van der Waals surface area contributed by atoms with Crippen LogP contribution in [0.3, 0.4) is 0 Å². The first kappa shape index (κ1) is 17.3. The molecule has 0 bridgehead atoms. The van der Waals surface area contributed by atoms with Crippen molar-refractivity contribution in [3.63, 3.8) is 0 Å². The SMILES string of the molecule is COCCCN1CCC(Nc2nc(-c3ccc(F)cc3)cs2)CC1. The van der Waals surface area contributed by atoms with Gasteiger partial charge in [-0.3, -0.25) is 0 Å². The zero-order valence-corrected chi connectivity index (χ0v) is 14.8. The van der Waals surface area contributed by atoms with E-state index in [4.69, 9.17) is 4.74 Å². The van der Waals surface area contributed by atoms with Gasteiger partial charge in [0.15, 0.2) is 5.13 Å². The van der Waals surface area contributed by atoms with Gasteiger partial charge in [-0.25, -0.2) is 9.37 Å². The van der Waals surface area contributed by atoms with Gasteiger partial charge in [-0.1, -0.05) is 0 Å². The molecule has 2 heterocycles. The summed E-state index contributed by atoms with van der Waals surface area (Å²) in [5.41, 5.74) is 1.85. The first-order valence-corrected chi connectivity index (χ1v) is 9.32. The fourth-order valence-corrected chi connectivity index (χ4v) is 3.80. The molecular weight excluding hydrogens is 325 g/mol. The smallest absolute Gasteiger partial charge is 0.183 e. The summed E-state index contributed by atoms with van der Waals surface area (Å²) in [6.45, 7) is 4.20. The average molecular weight is 349 g/mol. The molecule has 4 nitrogen and oxygen atoms in total. The van der Waals surface area contributed by atoms with E-state index in [1.54, 1.807) is 30.6 Å². The van der Waals surface area contributed by atoms with E-state index >= 15 is 0 Å². The van der Waals surface area contributed by atoms with Crippen LogP contribution in [0.4, 0.5) is 9.52 Å². The molecule has 24 heavy (non-hydrogen) atoms. The van der Waals surface area contributed by atoms with Crippen molar-refractivity contribution in [2.75, 3.05) is 38.7 Å². The lowest BCUT2D eigenvalue weighted by molar-refractivity contribution is 0.159. The number of methoxy groups -OCH3 is 1. The molecule has 1 aromatic heterocycles. The van der Waals surface area contributed by atoms with Gasteiger partial charge in [0.2, 0.25) is 0 Å². The quantitative estimate of drug-likeness (QED) is 0.770. The number of nitrogens with zero attached hydrogens (tertiary/aromatic N) is 2. The second-order valence-corrected chi connectivity index (χ2v) is 7.01. The highest BCUT2D eigenvalue weighted by Crippen LogP contribution is 2.26. The van der Waals surface area contributed by atoms with Gasteiger partial charge in [0.1, 0.15) is 5.82 Å². The Balaban J connectivity index is 1.48. The standard InChI is InChI=1S/C18H24FN3OS/c1-23-12-2-9-22-10-7-16(8-11-22)20-18-21-17(13-24-18)14-3-5-15(19)6-4-14/h3-6,13,16H,2,7-12H2,1H3,(H,20,21). The van der Waals surface area contributed by atoms with E-state index in [1.165, 1.54) is 12.1 Å². The van der Waals surface area contributed by atoms with Crippen LogP contribution in [0.25, 0.3) is 11.3 Å². The summed E-state index contributed by atoms with van der Waals surface area (Å²) in [4.78, 5) is 7.14. The molecule has 0 atom stereocenters. The first-order chi connectivity index (χ1) is 11.7. The van der Waals surface area contributed by atoms with Crippen LogP contribution in [0, 0.1) is 5.82 Å². The largest absolute Gasteiger partial charge is 0.385 e. The van der Waals surface area contributed by atoms with Gasteiger partial charge in [0.05, 0.1) is 5.69 Å². The molecule has 1 saturated heterocycles. The molecule has 3 rings (SSSR count). The van der Waals surface area contributed by atoms with E-state index in [1.807, 2.05) is 5.38 Å². The predicted molar refractivity (Wildman–Crippen MR) is 97.1 cm³/mol. The Morgan fingerprint density at radius 3 is 2.75 bits per heavy atom. The highest BCUT2D eigenvalue weighted by molar-refractivity contribution is 7.14. The summed E-state index contributed by atoms with van der Waals surface area (Å²) in [7, 11) is 1.75. The molecule has 1 aliphatic rings. The van der Waals surface area contributed by atoms with Crippen LogP contribution >= 0.6 is 11.3 Å². The van der Waals surface area contributed by atoms with E-state index in [2.05, 4.69) is 15.2 Å². The summed E-state index contributed by atoms with van der Waals surface area (Å²) in [6.07, 6.45) is 3.37. The van der Waals surface area contributed by atoms with Crippen LogP contribution in [-0.4, -0.2) is 49.3 Å². The minimum absolute atomic E-state index is 0.218. The van der Waals surface area contributed by atoms with Crippen molar-refractivity contribution in [3.8, 4) is 11.3 Å². The number of piperidine rings is 1. The molecule has 0 saturated carbocycles. The zero-order chi connectivity index (χ0) is 16.8. The molecule has 1 N–H and O–H groups in total. The maximum absolute atomic E-state index is 13.0. The monoisotopic (exact) mass is 349 g/mol. The third-order valence-corrected chi connectivity index (χ3v) is 5.16. The van der Waals surface area contributed by atoms with Gasteiger partial charge < -0.3 is 15.0 Å². The molecule has 0 amide bonds. The fourth-order valence-electron chi connectivity index (χ4n) is 3.00. The maximum Gasteiger partial charge on any atom is 0.183 e. The third-order valence-electron chi connectivity index (χ3n) is 4.38. The van der Waals surface area contributed by atoms with Crippen LogP contribution in [0.5, 0.6) is 0 Å². The van der Waals surface area contributed by atoms with Crippen LogP contribution in [0.2, 0.25) is 0 Å². The lowest BCUT2D eigenvalue weighted by Gasteiger charge is -2.32. The summed E-state index contributed by atoms with van der Waals surface area (Å²) >= 11 is 1.61. The van der Waals surface area contributed by atoms with E-state index in [-0.39, 0.29) is 5.82 Å². The Kier molecular flexibility index (Phi) is 6.18. The summed E-state index contributed by atoms with van der Waals surface area (Å²) in [5, 5.41) is 6.53. The number of anilines is 1. The Morgan fingerprint density at radius 1 is 1.29 bits per heavy atom. The molecule has 2 aromatic rings. The topological polar surface area (TPSA) is 37.4 Å². The van der Waals surface area contributed by atoms with Gasteiger partial charge in [-0.15, -0.1) is 11.3 Å². The van der Waals surface area contributed by atoms with Crippen molar-refractivity contribution in [2.24, 2.45) is 0 Å². The summed E-state index contributed by atoms with van der Waals surface area (Å²) < 4.78 is 18.1. The number of likely N-dealkylation sites (tertiary alicyclic amines) is 1. The number of nitrogens with one attached hydrogen (secondary N) is 1. The highest BCUT2D eigenvalue weighted by atomic mass is 32.1. The molecule has 1 aromatic carbocycles. The predicted octanol–water partition coefficient (Wildman–Crippen LogP) is 3.86. The first-order valence-electron chi connectivity index (χ1n) is 8.44. The second kappa shape index (κ2) is 8.55. The second-order valence-electron chi connectivity index (χ2n) is 6.15. The van der Waals surface area contributed by atoms with Crippen molar-refractivity contribution in [1.82, 2.24) is 9.88 Å². The Labute approximate surface area is 146 Å². The van der Waals surface area contributed by atoms with Crippen molar-refractivity contribution in [1.29, 1.82) is 0 Å². The number of hydrogen-bond donors (Lipinski definition) is 1. The van der Waals surface area contributed by atoms with Crippen molar-refractivity contribution >= 4 is 16.5 Å². The Hall–Kier alpha value is -1.50. The lowest BCUT2D eigenvalue weighted by atomic mass is 10.1. The summed E-state index contributed by atoms with van der Waals surface area (Å²) in [5.74, 6) is -0.218. The van der Waals surface area contributed by atoms with Gasteiger partial charge in [0.25, 0.3) is 0 Å². The van der Waals surface area contributed by atoms with Crippen molar-refractivity contribution < 1.29 is 9.13 Å². The molecule has 0 unspecified atom stereocenters. The van der Waals surface area contributed by atoms with E-state index in [0.717, 1.165) is 61.9 Å². The van der Waals surface area contributed by atoms with E-state index in [9.17, 15) is 4.39 Å². The van der Waals surface area contributed by atoms with Gasteiger partial charge in [-0.05, 0) is 43.5 Å². The highest BCUT2D eigenvalue weighted by Gasteiger charge is 2.19. The van der Waals surface area contributed by atoms with Crippen LogP contribution in [0.15, 0.2) is 29.6 Å². The minimum Gasteiger partial charge on any atom is -0.385 e. The fraction of sp³-hybridized carbons (Fsp3) is 0.500. The average Bonchev–Trinajstić information content (AvgIpc) is 3.06. The molecule has 130 valence electrons. The number of halogens is 1. The lowest BCUT2D eigenvalue weighted by Crippen LogP contribution is -2.39.